The third-order valence-corrected chi connectivity index (χ3v) is 9.50. The van der Waals surface area contributed by atoms with E-state index in [1.807, 2.05) is 0 Å². The maximum absolute atomic E-state index is 14.5. The summed E-state index contributed by atoms with van der Waals surface area (Å²) in [7, 11) is -3.25. The van der Waals surface area contributed by atoms with Crippen LogP contribution in [0.4, 0.5) is 27.6 Å². The van der Waals surface area contributed by atoms with E-state index in [2.05, 4.69) is 16.4 Å². The van der Waals surface area contributed by atoms with E-state index in [1.165, 1.54) is 6.07 Å². The van der Waals surface area contributed by atoms with Gasteiger partial charge in [-0.2, -0.15) is 27.2 Å². The number of nitrogens with zero attached hydrogens (tertiary/aromatic N) is 3. The second-order valence-corrected chi connectivity index (χ2v) is 12.9. The number of nitriles is 1. The van der Waals surface area contributed by atoms with Crippen molar-refractivity contribution < 1.29 is 39.6 Å². The van der Waals surface area contributed by atoms with Crippen LogP contribution in [0.1, 0.15) is 56.1 Å². The highest BCUT2D eigenvalue weighted by Crippen LogP contribution is 2.49. The Hall–Kier alpha value is -3.21. The molecule has 2 aliphatic carbocycles. The van der Waals surface area contributed by atoms with Crippen molar-refractivity contribution in [3.8, 4) is 17.3 Å². The Labute approximate surface area is 227 Å². The third kappa shape index (κ3) is 5.27. The van der Waals surface area contributed by atoms with Gasteiger partial charge < -0.3 is 14.6 Å². The average molecular weight is 587 g/mol. The highest BCUT2D eigenvalue weighted by molar-refractivity contribution is 7.91. The van der Waals surface area contributed by atoms with Gasteiger partial charge in [0.05, 0.1) is 17.6 Å². The molecule has 2 aromatic rings. The molecule has 1 N–H and O–H groups in total. The fraction of sp³-hybridized carbons (Fsp3) is 0.577. The van der Waals surface area contributed by atoms with Crippen LogP contribution in [-0.2, 0) is 20.6 Å². The number of sulfone groups is 1. The van der Waals surface area contributed by atoms with Gasteiger partial charge in [-0.25, -0.2) is 13.4 Å². The lowest BCUT2D eigenvalue weighted by Crippen LogP contribution is -2.42. The van der Waals surface area contributed by atoms with Crippen molar-refractivity contribution >= 4 is 21.4 Å². The highest BCUT2D eigenvalue weighted by Gasteiger charge is 2.63. The lowest BCUT2D eigenvalue weighted by molar-refractivity contribution is -0.297. The first-order valence-electron chi connectivity index (χ1n) is 13.0. The lowest BCUT2D eigenvalue weighted by atomic mass is 9.76. The Bertz CT molecular complexity index is 1430. The number of aromatic nitrogens is 1. The first-order valence-corrected chi connectivity index (χ1v) is 14.8. The number of benzene rings is 1. The number of carbonyl (C=O) groups is 1. The molecule has 8 nitrogen and oxygen atoms in total. The van der Waals surface area contributed by atoms with Crippen molar-refractivity contribution in [2.45, 2.75) is 62.1 Å². The summed E-state index contributed by atoms with van der Waals surface area (Å²) >= 11 is 0. The van der Waals surface area contributed by atoms with Crippen LogP contribution in [0.5, 0.6) is 0 Å². The van der Waals surface area contributed by atoms with Gasteiger partial charge in [-0.1, -0.05) is 31.0 Å². The Kier molecular flexibility index (Phi) is 7.09. The number of amides is 1. The number of oxazole rings is 1. The molecule has 5 rings (SSSR count). The largest absolute Gasteiger partial charge is 0.463 e. The molecule has 1 aromatic heterocycles. The zero-order valence-electron chi connectivity index (χ0n) is 21.3. The molecule has 0 radical (unpaired) electrons. The van der Waals surface area contributed by atoms with Gasteiger partial charge in [0, 0.05) is 36.2 Å². The minimum absolute atomic E-state index is 0.100. The fourth-order valence-electron chi connectivity index (χ4n) is 5.41. The van der Waals surface area contributed by atoms with Crippen LogP contribution in [0.15, 0.2) is 28.7 Å². The van der Waals surface area contributed by atoms with E-state index in [4.69, 9.17) is 4.42 Å². The van der Waals surface area contributed by atoms with Gasteiger partial charge in [-0.05, 0) is 31.7 Å². The van der Waals surface area contributed by atoms with Gasteiger partial charge in [0.2, 0.25) is 5.91 Å². The second-order valence-electron chi connectivity index (χ2n) is 10.6. The van der Waals surface area contributed by atoms with Gasteiger partial charge in [0.15, 0.2) is 9.84 Å². The summed E-state index contributed by atoms with van der Waals surface area (Å²) in [4.78, 5) is 18.7. The number of rotatable bonds is 6. The number of para-hydroxylation sites is 1. The van der Waals surface area contributed by atoms with Crippen LogP contribution in [0.3, 0.4) is 0 Å². The molecule has 1 saturated heterocycles. The van der Waals surface area contributed by atoms with E-state index in [1.54, 1.807) is 23.1 Å². The monoisotopic (exact) mass is 586 g/mol. The van der Waals surface area contributed by atoms with E-state index < -0.39 is 51.1 Å². The Morgan fingerprint density at radius 2 is 1.75 bits per heavy atom. The van der Waals surface area contributed by atoms with E-state index in [9.17, 15) is 40.4 Å². The minimum Gasteiger partial charge on any atom is -0.439 e. The normalized spacial score (nSPS) is 24.2. The van der Waals surface area contributed by atoms with Crippen LogP contribution < -0.4 is 10.2 Å². The predicted molar refractivity (Wildman–Crippen MR) is 133 cm³/mol. The van der Waals surface area contributed by atoms with Gasteiger partial charge in [0.1, 0.15) is 17.0 Å². The van der Waals surface area contributed by atoms with Crippen molar-refractivity contribution in [1.29, 1.82) is 5.26 Å². The topological polar surface area (TPSA) is 116 Å². The maximum Gasteiger partial charge on any atom is 0.463 e. The molecule has 40 heavy (non-hydrogen) atoms. The molecule has 216 valence electrons. The second kappa shape index (κ2) is 10.0. The van der Waals surface area contributed by atoms with E-state index in [-0.39, 0.29) is 48.0 Å². The smallest absolute Gasteiger partial charge is 0.439 e. The summed E-state index contributed by atoms with van der Waals surface area (Å²) in [5.41, 5.74) is -0.620. The molecule has 1 amide bonds. The Morgan fingerprint density at radius 1 is 1.10 bits per heavy atom. The van der Waals surface area contributed by atoms with Crippen LogP contribution in [0.25, 0.3) is 11.3 Å². The first-order chi connectivity index (χ1) is 18.8. The molecule has 3 fully saturated rings. The summed E-state index contributed by atoms with van der Waals surface area (Å²) in [6, 6.07) is 8.38. The molecule has 0 unspecified atom stereocenters. The summed E-state index contributed by atoms with van der Waals surface area (Å²) in [6.07, 6.45) is -3.21. The van der Waals surface area contributed by atoms with Crippen molar-refractivity contribution in [3.05, 3.63) is 35.9 Å². The molecule has 14 heteroatoms. The van der Waals surface area contributed by atoms with E-state index in [0.29, 0.717) is 37.8 Å². The van der Waals surface area contributed by atoms with Crippen molar-refractivity contribution in [2.24, 2.45) is 5.92 Å². The summed E-state index contributed by atoms with van der Waals surface area (Å²) < 4.78 is 98.4. The molecular weight excluding hydrogens is 559 g/mol. The number of anilines is 1. The number of carbonyl (C=O) groups excluding carboxylic acids is 1. The first kappa shape index (κ1) is 28.3. The van der Waals surface area contributed by atoms with Gasteiger partial charge in [-0.3, -0.25) is 4.79 Å². The van der Waals surface area contributed by atoms with Crippen molar-refractivity contribution in [2.75, 3.05) is 29.5 Å². The number of hydrogen-bond donors (Lipinski definition) is 1. The molecule has 0 spiro atoms. The molecule has 1 aliphatic heterocycles. The molecular formula is C26H27F5N4O4S. The Balaban J connectivity index is 1.60. The van der Waals surface area contributed by atoms with Gasteiger partial charge in [0.25, 0.3) is 5.89 Å². The van der Waals surface area contributed by atoms with Crippen molar-refractivity contribution in [3.63, 3.8) is 0 Å². The van der Waals surface area contributed by atoms with Gasteiger partial charge >= 0.3 is 12.1 Å². The molecule has 2 atom stereocenters. The lowest BCUT2D eigenvalue weighted by Gasteiger charge is -2.32. The minimum atomic E-state index is -5.97. The number of hydrogen-bond acceptors (Lipinski definition) is 7. The SMILES string of the molecule is N#CC1(NC(=O)[C@@H]2CCCC[C@H]2c2oc(C(F)(F)C(F)(F)F)nc2-c2ccccc2N2CCS(=O)(=O)CC2)CC1. The van der Waals surface area contributed by atoms with Crippen LogP contribution >= 0.6 is 0 Å². The molecule has 0 bridgehead atoms. The summed E-state index contributed by atoms with van der Waals surface area (Å²) in [5, 5.41) is 12.1. The zero-order chi connectivity index (χ0) is 28.9. The quantitative estimate of drug-likeness (QED) is 0.489. The molecule has 1 aromatic carbocycles. The van der Waals surface area contributed by atoms with E-state index >= 15 is 0 Å². The zero-order valence-corrected chi connectivity index (χ0v) is 22.1. The summed E-state index contributed by atoms with van der Waals surface area (Å²) in [6.45, 7) is 0.200. The molecule has 2 saturated carbocycles. The molecule has 3 aliphatic rings. The number of halogens is 5. The van der Waals surface area contributed by atoms with Crippen LogP contribution in [0, 0.1) is 17.2 Å². The fourth-order valence-corrected chi connectivity index (χ4v) is 6.61. The number of nitrogens with one attached hydrogen (secondary N) is 1. The van der Waals surface area contributed by atoms with Crippen LogP contribution in [0.2, 0.25) is 0 Å². The van der Waals surface area contributed by atoms with Crippen LogP contribution in [-0.4, -0.2) is 55.6 Å². The maximum atomic E-state index is 14.5. The standard InChI is InChI=1S/C26H27F5N4O4S/c27-25(28,26(29,30)31)23-33-20(18-7-3-4-8-19(18)35-11-13-40(37,38)14-12-35)21(39-23)16-5-1-2-6-17(16)22(36)34-24(15-32)9-10-24/h3-4,7-8,16-17H,1-2,5-6,9-14H2,(H,34,36)/t16-,17-/m1/s1. The predicted octanol–water partition coefficient (Wildman–Crippen LogP) is 4.68. The van der Waals surface area contributed by atoms with Gasteiger partial charge in [-0.15, -0.1) is 0 Å². The molecule has 2 heterocycles. The third-order valence-electron chi connectivity index (χ3n) is 7.89. The Morgan fingerprint density at radius 3 is 2.38 bits per heavy atom. The average Bonchev–Trinajstić information content (AvgIpc) is 3.54. The number of alkyl halides is 5. The van der Waals surface area contributed by atoms with E-state index in [0.717, 1.165) is 0 Å². The highest BCUT2D eigenvalue weighted by atomic mass is 32.2. The van der Waals surface area contributed by atoms with Crippen molar-refractivity contribution in [1.82, 2.24) is 10.3 Å². The summed E-state index contributed by atoms with van der Waals surface area (Å²) in [5.74, 6) is -9.92.